The molecule has 1 aromatic carbocycles. The average Bonchev–Trinajstić information content (AvgIpc) is 3.07. The highest BCUT2D eigenvalue weighted by atomic mass is 16.6. The van der Waals surface area contributed by atoms with Crippen LogP contribution in [0.1, 0.15) is 56.6 Å². The maximum absolute atomic E-state index is 12.4. The Balaban J connectivity index is 1.78. The molecule has 0 bridgehead atoms. The first-order valence-corrected chi connectivity index (χ1v) is 10.5. The van der Waals surface area contributed by atoms with E-state index in [0.29, 0.717) is 24.6 Å². The van der Waals surface area contributed by atoms with Crippen LogP contribution in [0, 0.1) is 19.8 Å². The molecule has 1 fully saturated rings. The van der Waals surface area contributed by atoms with Gasteiger partial charge in [-0.15, -0.1) is 0 Å². The fourth-order valence-corrected chi connectivity index (χ4v) is 3.90. The second kappa shape index (κ2) is 8.72. The highest BCUT2D eigenvalue weighted by molar-refractivity contribution is 5.70. The molecule has 0 aliphatic carbocycles. The predicted molar refractivity (Wildman–Crippen MR) is 116 cm³/mol. The van der Waals surface area contributed by atoms with E-state index in [1.54, 1.807) is 12.0 Å². The average molecular weight is 416 g/mol. The van der Waals surface area contributed by atoms with E-state index in [0.717, 1.165) is 35.3 Å². The number of amides is 1. The molecule has 1 aliphatic heterocycles. The lowest BCUT2D eigenvalue weighted by molar-refractivity contribution is -0.00118. The molecular formula is C24H33NO5. The largest absolute Gasteiger partial charge is 0.496 e. The van der Waals surface area contributed by atoms with Gasteiger partial charge in [-0.05, 0) is 76.8 Å². The number of aliphatic hydroxyl groups excluding tert-OH is 1. The van der Waals surface area contributed by atoms with Gasteiger partial charge in [-0.3, -0.25) is 0 Å². The van der Waals surface area contributed by atoms with Gasteiger partial charge in [0.1, 0.15) is 29.0 Å². The Kier molecular flexibility index (Phi) is 6.46. The third-order valence-corrected chi connectivity index (χ3v) is 5.39. The van der Waals surface area contributed by atoms with Crippen LogP contribution in [0.5, 0.6) is 5.75 Å². The van der Waals surface area contributed by atoms with Gasteiger partial charge in [0.15, 0.2) is 0 Å². The second-order valence-electron chi connectivity index (χ2n) is 9.14. The van der Waals surface area contributed by atoms with Gasteiger partial charge in [0, 0.05) is 19.0 Å². The maximum Gasteiger partial charge on any atom is 0.410 e. The van der Waals surface area contributed by atoms with Crippen molar-refractivity contribution in [1.82, 2.24) is 4.90 Å². The highest BCUT2D eigenvalue weighted by Crippen LogP contribution is 2.38. The standard InChI is InChI=1S/C24H33NO5/c1-15-9-10-18(19(12-15)28-6)22-16(2)13-20(29-22)21(26)17-8-7-11-25(14-17)23(27)30-24(3,4)5/h9-10,12-13,17,21,26H,7-8,11,14H2,1-6H3/t17-,21-/m1/s1. The van der Waals surface area contributed by atoms with E-state index in [1.165, 1.54) is 0 Å². The summed E-state index contributed by atoms with van der Waals surface area (Å²) >= 11 is 0. The van der Waals surface area contributed by atoms with Gasteiger partial charge in [0.2, 0.25) is 0 Å². The normalized spacial score (nSPS) is 18.2. The van der Waals surface area contributed by atoms with E-state index in [4.69, 9.17) is 13.9 Å². The lowest BCUT2D eigenvalue weighted by atomic mass is 9.91. The van der Waals surface area contributed by atoms with Crippen LogP contribution in [-0.4, -0.2) is 41.9 Å². The third kappa shape index (κ3) is 4.98. The first kappa shape index (κ1) is 22.2. The van der Waals surface area contributed by atoms with Crippen molar-refractivity contribution >= 4 is 6.09 Å². The minimum Gasteiger partial charge on any atom is -0.496 e. The number of aryl methyl sites for hydroxylation is 2. The quantitative estimate of drug-likeness (QED) is 0.738. The van der Waals surface area contributed by atoms with Crippen molar-refractivity contribution in [2.45, 2.75) is 59.2 Å². The van der Waals surface area contributed by atoms with Crippen LogP contribution < -0.4 is 4.74 Å². The van der Waals surface area contributed by atoms with Gasteiger partial charge in [-0.1, -0.05) is 6.07 Å². The van der Waals surface area contributed by atoms with Crippen molar-refractivity contribution < 1.29 is 23.8 Å². The molecule has 6 heteroatoms. The molecule has 0 unspecified atom stereocenters. The molecule has 1 N–H and O–H groups in total. The fourth-order valence-electron chi connectivity index (χ4n) is 3.90. The Labute approximate surface area is 178 Å². The first-order valence-electron chi connectivity index (χ1n) is 10.5. The van der Waals surface area contributed by atoms with Crippen LogP contribution in [0.25, 0.3) is 11.3 Å². The van der Waals surface area contributed by atoms with Crippen LogP contribution >= 0.6 is 0 Å². The number of likely N-dealkylation sites (tertiary alicyclic amines) is 1. The topological polar surface area (TPSA) is 72.1 Å². The minimum atomic E-state index is -0.792. The maximum atomic E-state index is 12.4. The van der Waals surface area contributed by atoms with Gasteiger partial charge in [0.05, 0.1) is 12.7 Å². The molecule has 3 rings (SSSR count). The van der Waals surface area contributed by atoms with Crippen LogP contribution in [0.3, 0.4) is 0 Å². The molecule has 6 nitrogen and oxygen atoms in total. The van der Waals surface area contributed by atoms with Gasteiger partial charge < -0.3 is 23.9 Å². The van der Waals surface area contributed by atoms with Crippen molar-refractivity contribution in [2.75, 3.05) is 20.2 Å². The Morgan fingerprint density at radius 1 is 1.27 bits per heavy atom. The van der Waals surface area contributed by atoms with E-state index in [-0.39, 0.29) is 12.0 Å². The number of benzene rings is 1. The number of piperidine rings is 1. The van der Waals surface area contributed by atoms with E-state index >= 15 is 0 Å². The molecule has 30 heavy (non-hydrogen) atoms. The summed E-state index contributed by atoms with van der Waals surface area (Å²) in [5, 5.41) is 11.0. The van der Waals surface area contributed by atoms with E-state index < -0.39 is 11.7 Å². The summed E-state index contributed by atoms with van der Waals surface area (Å²) in [4.78, 5) is 14.1. The number of furan rings is 1. The Hall–Kier alpha value is -2.47. The summed E-state index contributed by atoms with van der Waals surface area (Å²) in [6.07, 6.45) is 0.516. The van der Waals surface area contributed by atoms with Crippen molar-refractivity contribution in [1.29, 1.82) is 0 Å². The van der Waals surface area contributed by atoms with Crippen LogP contribution in [0.4, 0.5) is 4.79 Å². The predicted octanol–water partition coefficient (Wildman–Crippen LogP) is 5.25. The lowest BCUT2D eigenvalue weighted by Gasteiger charge is -2.35. The number of ether oxygens (including phenoxy) is 2. The van der Waals surface area contributed by atoms with Crippen molar-refractivity contribution in [3.63, 3.8) is 0 Å². The number of nitrogens with zero attached hydrogens (tertiary/aromatic N) is 1. The number of hydrogen-bond acceptors (Lipinski definition) is 5. The van der Waals surface area contributed by atoms with Gasteiger partial charge in [-0.2, -0.15) is 0 Å². The Bertz CT molecular complexity index is 895. The van der Waals surface area contributed by atoms with Crippen molar-refractivity contribution in [3.8, 4) is 17.1 Å². The molecule has 0 saturated carbocycles. The molecule has 1 saturated heterocycles. The number of carbonyl (C=O) groups is 1. The summed E-state index contributed by atoms with van der Waals surface area (Å²) in [5.41, 5.74) is 2.36. The SMILES string of the molecule is COc1cc(C)ccc1-c1oc([C@H](O)[C@@H]2CCCN(C(=O)OC(C)(C)C)C2)cc1C. The molecule has 0 radical (unpaired) electrons. The van der Waals surface area contributed by atoms with Crippen LogP contribution in [-0.2, 0) is 4.74 Å². The summed E-state index contributed by atoms with van der Waals surface area (Å²) in [5.74, 6) is 1.84. The number of hydrogen-bond donors (Lipinski definition) is 1. The van der Waals surface area contributed by atoms with Crippen molar-refractivity contribution in [3.05, 3.63) is 41.2 Å². The highest BCUT2D eigenvalue weighted by Gasteiger charge is 2.33. The molecule has 1 amide bonds. The lowest BCUT2D eigenvalue weighted by Crippen LogP contribution is -2.44. The van der Waals surface area contributed by atoms with Crippen LogP contribution in [0.15, 0.2) is 28.7 Å². The number of rotatable bonds is 4. The molecule has 1 aliphatic rings. The van der Waals surface area contributed by atoms with E-state index in [1.807, 2.05) is 58.9 Å². The van der Waals surface area contributed by atoms with Crippen molar-refractivity contribution in [2.24, 2.45) is 5.92 Å². The Morgan fingerprint density at radius 2 is 2.00 bits per heavy atom. The third-order valence-electron chi connectivity index (χ3n) is 5.39. The number of carbonyl (C=O) groups excluding carboxylic acids is 1. The molecule has 164 valence electrons. The fraction of sp³-hybridized carbons (Fsp3) is 0.542. The summed E-state index contributed by atoms with van der Waals surface area (Å²) in [6, 6.07) is 7.83. The smallest absolute Gasteiger partial charge is 0.410 e. The molecular weight excluding hydrogens is 382 g/mol. The summed E-state index contributed by atoms with van der Waals surface area (Å²) in [6.45, 7) is 10.6. The zero-order chi connectivity index (χ0) is 22.1. The van der Waals surface area contributed by atoms with Gasteiger partial charge >= 0.3 is 6.09 Å². The summed E-state index contributed by atoms with van der Waals surface area (Å²) < 4.78 is 17.1. The Morgan fingerprint density at radius 3 is 2.67 bits per heavy atom. The van der Waals surface area contributed by atoms with E-state index in [9.17, 15) is 9.90 Å². The monoisotopic (exact) mass is 415 g/mol. The molecule has 1 aromatic heterocycles. The molecule has 0 spiro atoms. The molecule has 2 aromatic rings. The van der Waals surface area contributed by atoms with E-state index in [2.05, 4.69) is 0 Å². The number of aliphatic hydroxyl groups is 1. The van der Waals surface area contributed by atoms with Gasteiger partial charge in [0.25, 0.3) is 0 Å². The zero-order valence-electron chi connectivity index (χ0n) is 18.8. The van der Waals surface area contributed by atoms with Crippen LogP contribution in [0.2, 0.25) is 0 Å². The van der Waals surface area contributed by atoms with Gasteiger partial charge in [-0.25, -0.2) is 4.79 Å². The first-order chi connectivity index (χ1) is 14.1. The minimum absolute atomic E-state index is 0.107. The summed E-state index contributed by atoms with van der Waals surface area (Å²) in [7, 11) is 1.64. The second-order valence-corrected chi connectivity index (χ2v) is 9.14. The number of methoxy groups -OCH3 is 1. The zero-order valence-corrected chi connectivity index (χ0v) is 18.8. The molecule has 2 atom stereocenters. The molecule has 2 heterocycles.